The van der Waals surface area contributed by atoms with Gasteiger partial charge < -0.3 is 19.1 Å². The number of nitrogens with zero attached hydrogens (tertiary/aromatic N) is 1. The van der Waals surface area contributed by atoms with E-state index in [0.717, 1.165) is 29.9 Å². The van der Waals surface area contributed by atoms with E-state index in [9.17, 15) is 4.79 Å². The Hall–Kier alpha value is -1.75. The summed E-state index contributed by atoms with van der Waals surface area (Å²) in [5.41, 5.74) is 1.04. The van der Waals surface area contributed by atoms with Gasteiger partial charge in [-0.15, -0.1) is 0 Å². The molecule has 21 heavy (non-hydrogen) atoms. The van der Waals surface area contributed by atoms with Crippen molar-refractivity contribution in [2.75, 3.05) is 13.4 Å². The van der Waals surface area contributed by atoms with E-state index >= 15 is 0 Å². The highest BCUT2D eigenvalue weighted by Crippen LogP contribution is 2.33. The zero-order valence-electron chi connectivity index (χ0n) is 12.5. The molecule has 0 saturated carbocycles. The monoisotopic (exact) mass is 291 g/mol. The van der Waals surface area contributed by atoms with Gasteiger partial charge in [0.05, 0.1) is 0 Å². The lowest BCUT2D eigenvalue weighted by molar-refractivity contribution is -0.143. The largest absolute Gasteiger partial charge is 0.454 e. The van der Waals surface area contributed by atoms with E-state index in [1.165, 1.54) is 0 Å². The van der Waals surface area contributed by atoms with Crippen molar-refractivity contribution in [2.45, 2.75) is 45.4 Å². The molecule has 3 rings (SSSR count). The lowest BCUT2D eigenvalue weighted by Crippen LogP contribution is -2.42. The molecule has 0 unspecified atom stereocenters. The summed E-state index contributed by atoms with van der Waals surface area (Å²) in [5, 5.41) is 0. The van der Waals surface area contributed by atoms with Crippen molar-refractivity contribution in [2.24, 2.45) is 0 Å². The van der Waals surface area contributed by atoms with Crippen LogP contribution in [0.15, 0.2) is 18.2 Å². The van der Waals surface area contributed by atoms with E-state index in [0.29, 0.717) is 13.2 Å². The number of hydrogen-bond acceptors (Lipinski definition) is 4. The first kappa shape index (κ1) is 14.2. The first-order chi connectivity index (χ1) is 10.1. The van der Waals surface area contributed by atoms with Crippen LogP contribution in [0.5, 0.6) is 11.5 Å². The summed E-state index contributed by atoms with van der Waals surface area (Å²) >= 11 is 0. The zero-order valence-corrected chi connectivity index (χ0v) is 12.5. The molecular formula is C16H21NO4. The minimum Gasteiger partial charge on any atom is -0.454 e. The minimum absolute atomic E-state index is 0.0835. The van der Waals surface area contributed by atoms with Crippen LogP contribution in [0.1, 0.15) is 32.3 Å². The maximum absolute atomic E-state index is 12.6. The average Bonchev–Trinajstić information content (AvgIpc) is 3.14. The van der Waals surface area contributed by atoms with Gasteiger partial charge in [-0.25, -0.2) is 0 Å². The maximum atomic E-state index is 12.6. The first-order valence-electron chi connectivity index (χ1n) is 7.46. The molecule has 2 heterocycles. The fraction of sp³-hybridized carbons (Fsp3) is 0.562. The third kappa shape index (κ3) is 2.97. The van der Waals surface area contributed by atoms with Gasteiger partial charge in [-0.3, -0.25) is 4.79 Å². The van der Waals surface area contributed by atoms with Crippen LogP contribution in [0.2, 0.25) is 0 Å². The second-order valence-corrected chi connectivity index (χ2v) is 5.75. The molecule has 5 nitrogen and oxygen atoms in total. The van der Waals surface area contributed by atoms with Crippen molar-refractivity contribution in [1.29, 1.82) is 0 Å². The second-order valence-electron chi connectivity index (χ2n) is 5.75. The lowest BCUT2D eigenvalue weighted by Gasteiger charge is -2.29. The molecule has 0 aliphatic carbocycles. The number of carbonyl (C=O) groups excluding carboxylic acids is 1. The number of hydrogen-bond donors (Lipinski definition) is 0. The molecule has 114 valence electrons. The van der Waals surface area contributed by atoms with E-state index < -0.39 is 0 Å². The van der Waals surface area contributed by atoms with Crippen LogP contribution < -0.4 is 9.47 Å². The topological polar surface area (TPSA) is 48.0 Å². The fourth-order valence-corrected chi connectivity index (χ4v) is 2.71. The zero-order chi connectivity index (χ0) is 14.8. The van der Waals surface area contributed by atoms with Gasteiger partial charge in [0, 0.05) is 19.2 Å². The molecule has 1 fully saturated rings. The smallest absolute Gasteiger partial charge is 0.252 e. The fourth-order valence-electron chi connectivity index (χ4n) is 2.71. The molecule has 0 bridgehead atoms. The Morgan fingerprint density at radius 1 is 1.33 bits per heavy atom. The van der Waals surface area contributed by atoms with E-state index in [1.54, 1.807) is 0 Å². The summed E-state index contributed by atoms with van der Waals surface area (Å²) in [6, 6.07) is 5.95. The van der Waals surface area contributed by atoms with Crippen molar-refractivity contribution < 1.29 is 19.0 Å². The molecule has 0 N–H and O–H groups in total. The number of benzene rings is 1. The number of ether oxygens (including phenoxy) is 3. The molecule has 5 heteroatoms. The van der Waals surface area contributed by atoms with Gasteiger partial charge >= 0.3 is 0 Å². The molecule has 1 saturated heterocycles. The summed E-state index contributed by atoms with van der Waals surface area (Å²) in [7, 11) is 0. The Kier molecular flexibility index (Phi) is 4.01. The van der Waals surface area contributed by atoms with Crippen LogP contribution in [0.25, 0.3) is 0 Å². The van der Waals surface area contributed by atoms with Gasteiger partial charge in [0.25, 0.3) is 5.91 Å². The van der Waals surface area contributed by atoms with Crippen LogP contribution in [0.3, 0.4) is 0 Å². The highest BCUT2D eigenvalue weighted by molar-refractivity contribution is 5.81. The Bertz CT molecular complexity index is 523. The minimum atomic E-state index is -0.276. The van der Waals surface area contributed by atoms with Crippen molar-refractivity contribution in [3.05, 3.63) is 23.8 Å². The second kappa shape index (κ2) is 5.93. The lowest BCUT2D eigenvalue weighted by atomic mass is 10.1. The molecule has 1 aromatic rings. The maximum Gasteiger partial charge on any atom is 0.252 e. The molecule has 1 aromatic carbocycles. The van der Waals surface area contributed by atoms with Crippen LogP contribution in [0, 0.1) is 0 Å². The molecule has 2 aliphatic rings. The van der Waals surface area contributed by atoms with Crippen LogP contribution >= 0.6 is 0 Å². The number of carbonyl (C=O) groups is 1. The SMILES string of the molecule is CC(C)N(Cc1ccc2c(c1)OCO2)C(=O)[C@H]1CCCO1. The first-order valence-corrected chi connectivity index (χ1v) is 7.46. The van der Waals surface area contributed by atoms with Gasteiger partial charge in [0.15, 0.2) is 11.5 Å². The van der Waals surface area contributed by atoms with Crippen molar-refractivity contribution >= 4 is 5.91 Å². The molecule has 1 atom stereocenters. The van der Waals surface area contributed by atoms with Gasteiger partial charge in [0.2, 0.25) is 6.79 Å². The molecular weight excluding hydrogens is 270 g/mol. The van der Waals surface area contributed by atoms with E-state index in [2.05, 4.69) is 0 Å². The van der Waals surface area contributed by atoms with Gasteiger partial charge in [-0.05, 0) is 44.4 Å². The number of rotatable bonds is 4. The van der Waals surface area contributed by atoms with Crippen LogP contribution in [-0.4, -0.2) is 36.4 Å². The molecule has 2 aliphatic heterocycles. The molecule has 0 aromatic heterocycles. The predicted molar refractivity (Wildman–Crippen MR) is 77.2 cm³/mol. The Balaban J connectivity index is 1.74. The molecule has 0 radical (unpaired) electrons. The van der Waals surface area contributed by atoms with E-state index in [-0.39, 0.29) is 24.8 Å². The molecule has 0 spiro atoms. The Morgan fingerprint density at radius 3 is 2.86 bits per heavy atom. The highest BCUT2D eigenvalue weighted by Gasteiger charge is 2.29. The van der Waals surface area contributed by atoms with Crippen molar-refractivity contribution in [3.63, 3.8) is 0 Å². The van der Waals surface area contributed by atoms with Gasteiger partial charge in [-0.2, -0.15) is 0 Å². The normalized spacial score (nSPS) is 20.0. The summed E-state index contributed by atoms with van der Waals surface area (Å²) in [5.74, 6) is 1.60. The molecule has 1 amide bonds. The predicted octanol–water partition coefficient (Wildman–Crippen LogP) is 2.33. The van der Waals surface area contributed by atoms with Gasteiger partial charge in [0.1, 0.15) is 6.10 Å². The third-order valence-corrected chi connectivity index (χ3v) is 3.90. The Morgan fingerprint density at radius 2 is 2.14 bits per heavy atom. The van der Waals surface area contributed by atoms with Crippen LogP contribution in [0.4, 0.5) is 0 Å². The number of amides is 1. The van der Waals surface area contributed by atoms with Crippen LogP contribution in [-0.2, 0) is 16.1 Å². The highest BCUT2D eigenvalue weighted by atomic mass is 16.7. The van der Waals surface area contributed by atoms with Crippen molar-refractivity contribution in [3.8, 4) is 11.5 Å². The summed E-state index contributed by atoms with van der Waals surface area (Å²) in [6.07, 6.45) is 1.51. The average molecular weight is 291 g/mol. The summed E-state index contributed by atoms with van der Waals surface area (Å²) < 4.78 is 16.2. The van der Waals surface area contributed by atoms with E-state index in [1.807, 2.05) is 36.9 Å². The van der Waals surface area contributed by atoms with Gasteiger partial charge in [-0.1, -0.05) is 6.07 Å². The quantitative estimate of drug-likeness (QED) is 0.854. The van der Waals surface area contributed by atoms with Crippen molar-refractivity contribution in [1.82, 2.24) is 4.90 Å². The third-order valence-electron chi connectivity index (χ3n) is 3.90. The summed E-state index contributed by atoms with van der Waals surface area (Å²) in [6.45, 7) is 5.57. The standard InChI is InChI=1S/C16H21NO4/c1-11(2)17(16(18)14-4-3-7-19-14)9-12-5-6-13-15(8-12)21-10-20-13/h5-6,8,11,14H,3-4,7,9-10H2,1-2H3/t14-/m1/s1. The Labute approximate surface area is 124 Å². The number of fused-ring (bicyclic) bond motifs is 1. The summed E-state index contributed by atoms with van der Waals surface area (Å²) in [4.78, 5) is 14.4. The van der Waals surface area contributed by atoms with E-state index in [4.69, 9.17) is 14.2 Å².